The number of fused-ring (bicyclic) bond motifs is 1. The van der Waals surface area contributed by atoms with Crippen molar-refractivity contribution < 1.29 is 9.21 Å². The number of anilines is 1. The SMILES string of the molecule is Cc1cc2c(C)nc(NC(=O)c3ccc(Cn4cnnn4)cc3)nc2o1. The van der Waals surface area contributed by atoms with E-state index in [2.05, 4.69) is 30.8 Å². The molecule has 0 fully saturated rings. The molecule has 3 heterocycles. The summed E-state index contributed by atoms with van der Waals surface area (Å²) in [6.07, 6.45) is 1.53. The van der Waals surface area contributed by atoms with Gasteiger partial charge in [0.25, 0.3) is 5.91 Å². The van der Waals surface area contributed by atoms with Gasteiger partial charge in [0.1, 0.15) is 12.1 Å². The van der Waals surface area contributed by atoms with Crippen LogP contribution in [0.5, 0.6) is 0 Å². The van der Waals surface area contributed by atoms with E-state index in [0.717, 1.165) is 22.4 Å². The van der Waals surface area contributed by atoms with Gasteiger partial charge in [-0.15, -0.1) is 5.10 Å². The van der Waals surface area contributed by atoms with Crippen molar-refractivity contribution in [1.29, 1.82) is 0 Å². The second-order valence-electron chi connectivity index (χ2n) is 5.87. The van der Waals surface area contributed by atoms with Crippen LogP contribution in [0, 0.1) is 13.8 Å². The second-order valence-corrected chi connectivity index (χ2v) is 5.87. The molecule has 0 unspecified atom stereocenters. The van der Waals surface area contributed by atoms with Crippen molar-refractivity contribution in [3.63, 3.8) is 0 Å². The number of carbonyl (C=O) groups excluding carboxylic acids is 1. The summed E-state index contributed by atoms with van der Waals surface area (Å²) in [5.41, 5.74) is 2.69. The molecule has 0 aliphatic heterocycles. The van der Waals surface area contributed by atoms with Crippen molar-refractivity contribution in [3.8, 4) is 0 Å². The van der Waals surface area contributed by atoms with Crippen LogP contribution in [-0.2, 0) is 6.54 Å². The highest BCUT2D eigenvalue weighted by molar-refractivity contribution is 6.03. The zero-order valence-electron chi connectivity index (χ0n) is 14.2. The predicted octanol–water partition coefficient (Wildman–Crippen LogP) is 2.13. The Morgan fingerprint density at radius 1 is 1.19 bits per heavy atom. The van der Waals surface area contributed by atoms with Gasteiger partial charge in [0.05, 0.1) is 17.6 Å². The largest absolute Gasteiger partial charge is 0.443 e. The molecule has 9 nitrogen and oxygen atoms in total. The Balaban J connectivity index is 1.51. The average Bonchev–Trinajstić information content (AvgIpc) is 3.24. The number of carbonyl (C=O) groups is 1. The highest BCUT2D eigenvalue weighted by Gasteiger charge is 2.12. The van der Waals surface area contributed by atoms with Crippen molar-refractivity contribution in [3.05, 3.63) is 59.2 Å². The Morgan fingerprint density at radius 3 is 2.73 bits per heavy atom. The monoisotopic (exact) mass is 349 g/mol. The number of nitrogens with zero attached hydrogens (tertiary/aromatic N) is 6. The van der Waals surface area contributed by atoms with Crippen LogP contribution in [0.4, 0.5) is 5.95 Å². The zero-order valence-corrected chi connectivity index (χ0v) is 14.2. The number of rotatable bonds is 4. The summed E-state index contributed by atoms with van der Waals surface area (Å²) in [4.78, 5) is 21.0. The molecular weight excluding hydrogens is 334 g/mol. The highest BCUT2D eigenvalue weighted by Crippen LogP contribution is 2.21. The Labute approximate surface area is 148 Å². The number of nitrogens with one attached hydrogen (secondary N) is 1. The summed E-state index contributed by atoms with van der Waals surface area (Å²) in [6, 6.07) is 9.04. The van der Waals surface area contributed by atoms with E-state index in [1.807, 2.05) is 32.0 Å². The minimum absolute atomic E-state index is 0.215. The normalized spacial score (nSPS) is 11.0. The smallest absolute Gasteiger partial charge is 0.258 e. The fraction of sp³-hybridized carbons (Fsp3) is 0.176. The third-order valence-electron chi connectivity index (χ3n) is 3.88. The molecule has 4 aromatic rings. The zero-order chi connectivity index (χ0) is 18.1. The highest BCUT2D eigenvalue weighted by atomic mass is 16.3. The Hall–Kier alpha value is -3.62. The minimum atomic E-state index is -0.291. The van der Waals surface area contributed by atoms with Crippen LogP contribution in [0.1, 0.15) is 27.4 Å². The maximum absolute atomic E-state index is 12.4. The van der Waals surface area contributed by atoms with E-state index in [1.54, 1.807) is 16.8 Å². The predicted molar refractivity (Wildman–Crippen MR) is 92.6 cm³/mol. The van der Waals surface area contributed by atoms with E-state index in [4.69, 9.17) is 4.42 Å². The number of aryl methyl sites for hydroxylation is 2. The quantitative estimate of drug-likeness (QED) is 0.600. The van der Waals surface area contributed by atoms with Crippen LogP contribution in [-0.4, -0.2) is 36.1 Å². The molecule has 1 amide bonds. The van der Waals surface area contributed by atoms with Gasteiger partial charge in [0, 0.05) is 5.56 Å². The first-order chi connectivity index (χ1) is 12.6. The number of tetrazole rings is 1. The molecule has 26 heavy (non-hydrogen) atoms. The topological polar surface area (TPSA) is 112 Å². The molecule has 9 heteroatoms. The Morgan fingerprint density at radius 2 is 2.00 bits per heavy atom. The van der Waals surface area contributed by atoms with Crippen LogP contribution < -0.4 is 5.32 Å². The van der Waals surface area contributed by atoms with Gasteiger partial charge in [-0.2, -0.15) is 4.98 Å². The van der Waals surface area contributed by atoms with E-state index < -0.39 is 0 Å². The standard InChI is InChI=1S/C17H15N7O2/c1-10-7-14-11(2)19-17(21-16(14)26-10)20-15(25)13-5-3-12(4-6-13)8-24-9-18-22-23-24/h3-7,9H,8H2,1-2H3,(H,19,20,21,25). The van der Waals surface area contributed by atoms with Crippen LogP contribution in [0.3, 0.4) is 0 Å². The molecule has 1 aromatic carbocycles. The number of hydrogen-bond acceptors (Lipinski definition) is 7. The number of benzene rings is 1. The number of aromatic nitrogens is 6. The lowest BCUT2D eigenvalue weighted by Gasteiger charge is -2.06. The first kappa shape index (κ1) is 15.9. The summed E-state index contributed by atoms with van der Waals surface area (Å²) >= 11 is 0. The molecule has 4 rings (SSSR count). The fourth-order valence-electron chi connectivity index (χ4n) is 2.62. The van der Waals surface area contributed by atoms with Crippen molar-refractivity contribution in [1.82, 2.24) is 30.2 Å². The van der Waals surface area contributed by atoms with E-state index >= 15 is 0 Å². The summed E-state index contributed by atoms with van der Waals surface area (Å²) in [6.45, 7) is 4.23. The fourth-order valence-corrected chi connectivity index (χ4v) is 2.62. The van der Waals surface area contributed by atoms with Gasteiger partial charge in [-0.1, -0.05) is 12.1 Å². The van der Waals surface area contributed by atoms with Crippen LogP contribution in [0.2, 0.25) is 0 Å². The third kappa shape index (κ3) is 3.14. The van der Waals surface area contributed by atoms with E-state index in [-0.39, 0.29) is 11.9 Å². The van der Waals surface area contributed by atoms with E-state index in [0.29, 0.717) is 17.8 Å². The molecule has 0 spiro atoms. The Kier molecular flexibility index (Phi) is 3.88. The van der Waals surface area contributed by atoms with Gasteiger partial charge in [-0.25, -0.2) is 9.67 Å². The van der Waals surface area contributed by atoms with Crippen molar-refractivity contribution in [2.24, 2.45) is 0 Å². The maximum atomic E-state index is 12.4. The summed E-state index contributed by atoms with van der Waals surface area (Å²) in [5.74, 6) is 0.673. The number of hydrogen-bond donors (Lipinski definition) is 1. The molecule has 0 aliphatic rings. The van der Waals surface area contributed by atoms with Crippen LogP contribution in [0.15, 0.2) is 41.1 Å². The number of amides is 1. The minimum Gasteiger partial charge on any atom is -0.443 e. The van der Waals surface area contributed by atoms with Crippen LogP contribution in [0.25, 0.3) is 11.1 Å². The van der Waals surface area contributed by atoms with Gasteiger partial charge < -0.3 is 4.42 Å². The molecule has 0 aliphatic carbocycles. The van der Waals surface area contributed by atoms with E-state index in [1.165, 1.54) is 6.33 Å². The van der Waals surface area contributed by atoms with Gasteiger partial charge >= 0.3 is 0 Å². The molecule has 0 radical (unpaired) electrons. The first-order valence-corrected chi connectivity index (χ1v) is 7.94. The second kappa shape index (κ2) is 6.36. The van der Waals surface area contributed by atoms with Crippen molar-refractivity contribution in [2.45, 2.75) is 20.4 Å². The van der Waals surface area contributed by atoms with Crippen molar-refractivity contribution in [2.75, 3.05) is 5.32 Å². The lowest BCUT2D eigenvalue weighted by molar-refractivity contribution is 0.102. The van der Waals surface area contributed by atoms with Gasteiger partial charge in [-0.3, -0.25) is 10.1 Å². The molecule has 0 saturated heterocycles. The summed E-state index contributed by atoms with van der Waals surface area (Å²) in [7, 11) is 0. The van der Waals surface area contributed by atoms with Gasteiger partial charge in [0.15, 0.2) is 0 Å². The van der Waals surface area contributed by atoms with E-state index in [9.17, 15) is 4.79 Å². The molecule has 1 N–H and O–H groups in total. The third-order valence-corrected chi connectivity index (χ3v) is 3.88. The van der Waals surface area contributed by atoms with Gasteiger partial charge in [0.2, 0.25) is 11.7 Å². The molecule has 0 atom stereocenters. The average molecular weight is 349 g/mol. The molecule has 130 valence electrons. The Bertz CT molecular complexity index is 1070. The molecule has 0 saturated carbocycles. The lowest BCUT2D eigenvalue weighted by Crippen LogP contribution is -2.14. The lowest BCUT2D eigenvalue weighted by atomic mass is 10.1. The summed E-state index contributed by atoms with van der Waals surface area (Å²) in [5, 5.41) is 14.5. The van der Waals surface area contributed by atoms with Gasteiger partial charge in [-0.05, 0) is 48.0 Å². The molecular formula is C17H15N7O2. The van der Waals surface area contributed by atoms with Crippen molar-refractivity contribution >= 4 is 23.0 Å². The first-order valence-electron chi connectivity index (χ1n) is 7.94. The number of furan rings is 1. The maximum Gasteiger partial charge on any atom is 0.258 e. The van der Waals surface area contributed by atoms with Crippen LogP contribution >= 0.6 is 0 Å². The summed E-state index contributed by atoms with van der Waals surface area (Å²) < 4.78 is 7.12. The molecule has 3 aromatic heterocycles. The molecule has 0 bridgehead atoms.